The predicted octanol–water partition coefficient (Wildman–Crippen LogP) is 2.55. The van der Waals surface area contributed by atoms with Crippen molar-refractivity contribution >= 4 is 5.69 Å². The fraction of sp³-hybridized carbons (Fsp3) is 0.647. The molecule has 1 atom stereocenters. The number of piperidine rings is 1. The Morgan fingerprint density at radius 3 is 2.95 bits per heavy atom. The zero-order valence-electron chi connectivity index (χ0n) is 13.3. The summed E-state index contributed by atoms with van der Waals surface area (Å²) in [4.78, 5) is 2.41. The first-order valence-corrected chi connectivity index (χ1v) is 8.05. The Labute approximate surface area is 128 Å². The number of benzene rings is 1. The Morgan fingerprint density at radius 2 is 2.24 bits per heavy atom. The lowest BCUT2D eigenvalue weighted by molar-refractivity contribution is 0.262. The topological polar surface area (TPSA) is 44.7 Å². The monoisotopic (exact) mass is 292 g/mol. The molecule has 0 spiro atoms. The fourth-order valence-corrected chi connectivity index (χ4v) is 3.11. The average molecular weight is 292 g/mol. The Balaban J connectivity index is 2.20. The Bertz CT molecular complexity index is 435. The number of ether oxygens (including phenoxy) is 1. The van der Waals surface area contributed by atoms with Crippen molar-refractivity contribution < 1.29 is 9.84 Å². The van der Waals surface area contributed by atoms with E-state index < -0.39 is 0 Å². The third kappa shape index (κ3) is 4.11. The van der Waals surface area contributed by atoms with Gasteiger partial charge in [0.15, 0.2) is 0 Å². The van der Waals surface area contributed by atoms with Crippen LogP contribution in [0.4, 0.5) is 5.69 Å². The highest BCUT2D eigenvalue weighted by Crippen LogP contribution is 2.34. The molecular weight excluding hydrogens is 264 g/mol. The van der Waals surface area contributed by atoms with Crippen LogP contribution in [0.25, 0.3) is 0 Å². The number of hydrogen-bond acceptors (Lipinski definition) is 4. The van der Waals surface area contributed by atoms with Crippen LogP contribution in [-0.4, -0.2) is 38.0 Å². The quantitative estimate of drug-likeness (QED) is 0.810. The summed E-state index contributed by atoms with van der Waals surface area (Å²) in [6.07, 6.45) is 4.46. The molecule has 0 saturated carbocycles. The van der Waals surface area contributed by atoms with Crippen LogP contribution in [0.15, 0.2) is 18.2 Å². The minimum Gasteiger partial charge on any atom is -0.495 e. The van der Waals surface area contributed by atoms with Gasteiger partial charge < -0.3 is 20.1 Å². The number of aliphatic hydroxyl groups is 1. The summed E-state index contributed by atoms with van der Waals surface area (Å²) in [5, 5.41) is 12.6. The summed E-state index contributed by atoms with van der Waals surface area (Å²) in [5.41, 5.74) is 2.41. The first-order chi connectivity index (χ1) is 10.3. The number of rotatable bonds is 7. The summed E-state index contributed by atoms with van der Waals surface area (Å²) in [6, 6.07) is 6.90. The van der Waals surface area contributed by atoms with E-state index in [2.05, 4.69) is 35.3 Å². The highest BCUT2D eigenvalue weighted by Gasteiger charge is 2.24. The van der Waals surface area contributed by atoms with Crippen LogP contribution in [0.5, 0.6) is 5.75 Å². The van der Waals surface area contributed by atoms with E-state index in [1.54, 1.807) is 7.11 Å². The van der Waals surface area contributed by atoms with E-state index >= 15 is 0 Å². The first-order valence-electron chi connectivity index (χ1n) is 8.05. The van der Waals surface area contributed by atoms with Gasteiger partial charge in [-0.2, -0.15) is 0 Å². The Kier molecular flexibility index (Phi) is 6.33. The summed E-state index contributed by atoms with van der Waals surface area (Å²) >= 11 is 0. The van der Waals surface area contributed by atoms with Crippen molar-refractivity contribution in [2.24, 2.45) is 0 Å². The zero-order chi connectivity index (χ0) is 15.1. The minimum atomic E-state index is 0.252. The first kappa shape index (κ1) is 16.1. The van der Waals surface area contributed by atoms with Gasteiger partial charge in [0.2, 0.25) is 0 Å². The van der Waals surface area contributed by atoms with E-state index in [9.17, 15) is 5.11 Å². The third-order valence-electron chi connectivity index (χ3n) is 4.22. The van der Waals surface area contributed by atoms with Crippen LogP contribution in [0.1, 0.15) is 38.2 Å². The molecule has 4 nitrogen and oxygen atoms in total. The SMILES string of the molecule is CCNCc1ccc(N2CCCCC2CCO)c(OC)c1. The molecule has 0 radical (unpaired) electrons. The Hall–Kier alpha value is -1.26. The molecule has 1 aliphatic heterocycles. The lowest BCUT2D eigenvalue weighted by atomic mass is 9.98. The van der Waals surface area contributed by atoms with Crippen molar-refractivity contribution in [1.29, 1.82) is 0 Å². The lowest BCUT2D eigenvalue weighted by Gasteiger charge is -2.38. The van der Waals surface area contributed by atoms with Gasteiger partial charge in [-0.25, -0.2) is 0 Å². The number of aliphatic hydroxyl groups excluding tert-OH is 1. The molecule has 1 unspecified atom stereocenters. The molecule has 4 heteroatoms. The molecule has 1 aliphatic rings. The number of hydrogen-bond donors (Lipinski definition) is 2. The highest BCUT2D eigenvalue weighted by molar-refractivity contribution is 5.60. The molecule has 2 N–H and O–H groups in total. The molecule has 1 saturated heterocycles. The fourth-order valence-electron chi connectivity index (χ4n) is 3.11. The van der Waals surface area contributed by atoms with Gasteiger partial charge in [0.25, 0.3) is 0 Å². The van der Waals surface area contributed by atoms with Gasteiger partial charge in [-0.1, -0.05) is 13.0 Å². The van der Waals surface area contributed by atoms with Crippen molar-refractivity contribution in [2.75, 3.05) is 31.7 Å². The third-order valence-corrected chi connectivity index (χ3v) is 4.22. The largest absolute Gasteiger partial charge is 0.495 e. The molecule has 0 bridgehead atoms. The second-order valence-electron chi connectivity index (χ2n) is 5.64. The molecule has 21 heavy (non-hydrogen) atoms. The van der Waals surface area contributed by atoms with Gasteiger partial charge in [-0.3, -0.25) is 0 Å². The van der Waals surface area contributed by atoms with E-state index in [1.807, 2.05) is 0 Å². The molecule has 1 fully saturated rings. The van der Waals surface area contributed by atoms with Crippen LogP contribution in [0.3, 0.4) is 0 Å². The molecule has 0 aromatic heterocycles. The van der Waals surface area contributed by atoms with E-state index in [0.29, 0.717) is 6.04 Å². The van der Waals surface area contributed by atoms with Gasteiger partial charge in [-0.05, 0) is 49.9 Å². The molecular formula is C17H28N2O2. The Morgan fingerprint density at radius 1 is 1.38 bits per heavy atom. The van der Waals surface area contributed by atoms with E-state index in [-0.39, 0.29) is 6.61 Å². The predicted molar refractivity (Wildman–Crippen MR) is 87.1 cm³/mol. The van der Waals surface area contributed by atoms with Gasteiger partial charge in [0.05, 0.1) is 12.8 Å². The number of nitrogens with one attached hydrogen (secondary N) is 1. The lowest BCUT2D eigenvalue weighted by Crippen LogP contribution is -2.40. The van der Waals surface area contributed by atoms with Crippen LogP contribution < -0.4 is 15.0 Å². The normalized spacial score (nSPS) is 18.8. The van der Waals surface area contributed by atoms with E-state index in [1.165, 1.54) is 18.4 Å². The molecule has 118 valence electrons. The molecule has 1 aromatic rings. The molecule has 0 amide bonds. The average Bonchev–Trinajstić information content (AvgIpc) is 2.53. The summed E-state index contributed by atoms with van der Waals surface area (Å²) in [6.45, 7) is 5.25. The van der Waals surface area contributed by atoms with Crippen LogP contribution in [0.2, 0.25) is 0 Å². The van der Waals surface area contributed by atoms with Crippen molar-refractivity contribution in [1.82, 2.24) is 5.32 Å². The summed E-state index contributed by atoms with van der Waals surface area (Å²) in [5.74, 6) is 0.940. The van der Waals surface area contributed by atoms with Gasteiger partial charge in [0, 0.05) is 25.7 Å². The van der Waals surface area contributed by atoms with E-state index in [4.69, 9.17) is 4.74 Å². The van der Waals surface area contributed by atoms with Crippen molar-refractivity contribution in [3.8, 4) is 5.75 Å². The van der Waals surface area contributed by atoms with E-state index in [0.717, 1.165) is 43.9 Å². The van der Waals surface area contributed by atoms with Crippen LogP contribution >= 0.6 is 0 Å². The molecule has 1 heterocycles. The van der Waals surface area contributed by atoms with Gasteiger partial charge in [-0.15, -0.1) is 0 Å². The number of methoxy groups -OCH3 is 1. The maximum absolute atomic E-state index is 9.28. The second kappa shape index (κ2) is 8.25. The standard InChI is InChI=1S/C17H28N2O2/c1-3-18-13-14-7-8-16(17(12-14)21-2)19-10-5-4-6-15(19)9-11-20/h7-8,12,15,18,20H,3-6,9-11,13H2,1-2H3. The number of anilines is 1. The molecule has 1 aromatic carbocycles. The van der Waals surface area contributed by atoms with Gasteiger partial charge in [0.1, 0.15) is 5.75 Å². The van der Waals surface area contributed by atoms with Crippen LogP contribution in [-0.2, 0) is 6.54 Å². The maximum atomic E-state index is 9.28. The smallest absolute Gasteiger partial charge is 0.142 e. The molecule has 0 aliphatic carbocycles. The van der Waals surface area contributed by atoms with Crippen molar-refractivity contribution in [3.05, 3.63) is 23.8 Å². The van der Waals surface area contributed by atoms with Gasteiger partial charge >= 0.3 is 0 Å². The zero-order valence-corrected chi connectivity index (χ0v) is 13.3. The number of nitrogens with zero attached hydrogens (tertiary/aromatic N) is 1. The second-order valence-corrected chi connectivity index (χ2v) is 5.64. The highest BCUT2D eigenvalue weighted by atomic mass is 16.5. The van der Waals surface area contributed by atoms with Crippen LogP contribution in [0, 0.1) is 0 Å². The maximum Gasteiger partial charge on any atom is 0.142 e. The summed E-state index contributed by atoms with van der Waals surface area (Å²) in [7, 11) is 1.74. The van der Waals surface area contributed by atoms with Crippen molar-refractivity contribution in [2.45, 2.75) is 45.2 Å². The van der Waals surface area contributed by atoms with Crippen molar-refractivity contribution in [3.63, 3.8) is 0 Å². The summed E-state index contributed by atoms with van der Waals surface area (Å²) < 4.78 is 5.61. The molecule has 2 rings (SSSR count). The minimum absolute atomic E-state index is 0.252.